The van der Waals surface area contributed by atoms with Gasteiger partial charge in [-0.15, -0.1) is 0 Å². The highest BCUT2D eigenvalue weighted by Crippen LogP contribution is 2.38. The minimum atomic E-state index is -1.12. The predicted molar refractivity (Wildman–Crippen MR) is 73.0 cm³/mol. The first-order chi connectivity index (χ1) is 10.0. The lowest BCUT2D eigenvalue weighted by Crippen LogP contribution is -2.11. The molecular formula is C14H18O7. The van der Waals surface area contributed by atoms with Crippen LogP contribution in [0.5, 0.6) is 17.2 Å². The molecule has 7 nitrogen and oxygen atoms in total. The Labute approximate surface area is 122 Å². The van der Waals surface area contributed by atoms with E-state index in [9.17, 15) is 9.59 Å². The smallest absolute Gasteiger partial charge is 0.335 e. The minimum Gasteiger partial charge on any atom is -0.493 e. The van der Waals surface area contributed by atoms with Gasteiger partial charge in [0.25, 0.3) is 0 Å². The first-order valence-electron chi connectivity index (χ1n) is 6.31. The number of benzene rings is 1. The average Bonchev–Trinajstić information content (AvgIpc) is 2.47. The zero-order chi connectivity index (χ0) is 15.8. The molecule has 0 aromatic heterocycles. The van der Waals surface area contributed by atoms with E-state index < -0.39 is 5.97 Å². The van der Waals surface area contributed by atoms with E-state index in [0.717, 1.165) is 0 Å². The van der Waals surface area contributed by atoms with Crippen LogP contribution in [-0.2, 0) is 9.53 Å². The molecule has 0 radical (unpaired) electrons. The summed E-state index contributed by atoms with van der Waals surface area (Å²) in [6.45, 7) is 1.55. The van der Waals surface area contributed by atoms with Crippen LogP contribution < -0.4 is 14.2 Å². The van der Waals surface area contributed by atoms with Crippen molar-refractivity contribution in [1.82, 2.24) is 0 Å². The lowest BCUT2D eigenvalue weighted by Gasteiger charge is -2.15. The van der Waals surface area contributed by atoms with E-state index in [4.69, 9.17) is 24.1 Å². The van der Waals surface area contributed by atoms with Gasteiger partial charge in [-0.05, 0) is 18.6 Å². The molecule has 0 amide bonds. The van der Waals surface area contributed by atoms with Crippen molar-refractivity contribution in [3.8, 4) is 17.2 Å². The monoisotopic (exact) mass is 298 g/mol. The lowest BCUT2D eigenvalue weighted by molar-refractivity contribution is -0.150. The third-order valence-electron chi connectivity index (χ3n) is 2.58. The molecule has 0 heterocycles. The van der Waals surface area contributed by atoms with Gasteiger partial charge in [0.05, 0.1) is 19.8 Å². The van der Waals surface area contributed by atoms with Gasteiger partial charge in [0.1, 0.15) is 0 Å². The standard InChI is InChI=1S/C14H18O7/c1-4-5-12(15)20-8-21-13-10(18-2)6-9(14(16)17)7-11(13)19-3/h6-7H,4-5,8H2,1-3H3,(H,16,17). The van der Waals surface area contributed by atoms with Crippen LogP contribution in [0.4, 0.5) is 0 Å². The SMILES string of the molecule is CCCC(=O)OCOc1c(OC)cc(C(=O)O)cc1OC. The van der Waals surface area contributed by atoms with Crippen LogP contribution >= 0.6 is 0 Å². The van der Waals surface area contributed by atoms with Crippen LogP contribution in [0.25, 0.3) is 0 Å². The maximum Gasteiger partial charge on any atom is 0.335 e. The van der Waals surface area contributed by atoms with Gasteiger partial charge in [-0.3, -0.25) is 4.79 Å². The highest BCUT2D eigenvalue weighted by atomic mass is 16.7. The molecule has 1 rings (SSSR count). The summed E-state index contributed by atoms with van der Waals surface area (Å²) in [6.07, 6.45) is 0.981. The lowest BCUT2D eigenvalue weighted by atomic mass is 10.2. The molecule has 116 valence electrons. The van der Waals surface area contributed by atoms with Gasteiger partial charge in [-0.25, -0.2) is 4.79 Å². The Morgan fingerprint density at radius 2 is 1.71 bits per heavy atom. The molecule has 1 N–H and O–H groups in total. The third-order valence-corrected chi connectivity index (χ3v) is 2.58. The fourth-order valence-electron chi connectivity index (χ4n) is 1.58. The highest BCUT2D eigenvalue weighted by Gasteiger charge is 2.17. The number of carboxylic acid groups (broad SMARTS) is 1. The van der Waals surface area contributed by atoms with Crippen LogP contribution in [0.3, 0.4) is 0 Å². The van der Waals surface area contributed by atoms with Crippen molar-refractivity contribution in [2.24, 2.45) is 0 Å². The number of hydrogen-bond acceptors (Lipinski definition) is 6. The summed E-state index contributed by atoms with van der Waals surface area (Å²) in [5.41, 5.74) is -0.000900. The van der Waals surface area contributed by atoms with Crippen LogP contribution in [0.2, 0.25) is 0 Å². The van der Waals surface area contributed by atoms with Crippen LogP contribution in [0, 0.1) is 0 Å². The van der Waals surface area contributed by atoms with E-state index in [2.05, 4.69) is 0 Å². The highest BCUT2D eigenvalue weighted by molar-refractivity contribution is 5.89. The normalized spacial score (nSPS) is 9.86. The molecular weight excluding hydrogens is 280 g/mol. The van der Waals surface area contributed by atoms with Gasteiger partial charge in [0.15, 0.2) is 11.5 Å². The summed E-state index contributed by atoms with van der Waals surface area (Å²) in [5.74, 6) is -0.962. The largest absolute Gasteiger partial charge is 0.493 e. The molecule has 0 bridgehead atoms. The van der Waals surface area contributed by atoms with E-state index in [1.807, 2.05) is 6.92 Å². The summed E-state index contributed by atoms with van der Waals surface area (Å²) in [4.78, 5) is 22.2. The average molecular weight is 298 g/mol. The number of ether oxygens (including phenoxy) is 4. The molecule has 0 aliphatic carbocycles. The Balaban J connectivity index is 2.89. The Hall–Kier alpha value is -2.44. The maximum atomic E-state index is 11.2. The fraction of sp³-hybridized carbons (Fsp3) is 0.429. The number of carboxylic acids is 1. The van der Waals surface area contributed by atoms with E-state index in [1.54, 1.807) is 0 Å². The molecule has 0 spiro atoms. The zero-order valence-corrected chi connectivity index (χ0v) is 12.2. The van der Waals surface area contributed by atoms with Crippen molar-refractivity contribution in [3.05, 3.63) is 17.7 Å². The molecule has 0 aliphatic rings. The molecule has 0 atom stereocenters. The van der Waals surface area contributed by atoms with Gasteiger partial charge in [0, 0.05) is 6.42 Å². The minimum absolute atomic E-state index is 0.000900. The summed E-state index contributed by atoms with van der Waals surface area (Å²) in [7, 11) is 2.74. The second-order valence-corrected chi connectivity index (χ2v) is 4.04. The topological polar surface area (TPSA) is 91.3 Å². The van der Waals surface area contributed by atoms with E-state index in [1.165, 1.54) is 26.4 Å². The number of hydrogen-bond donors (Lipinski definition) is 1. The molecule has 1 aromatic rings. The quantitative estimate of drug-likeness (QED) is 0.580. The van der Waals surface area contributed by atoms with Gasteiger partial charge < -0.3 is 24.1 Å². The third kappa shape index (κ3) is 4.55. The van der Waals surface area contributed by atoms with Crippen LogP contribution in [0.15, 0.2) is 12.1 Å². The van der Waals surface area contributed by atoms with Crippen LogP contribution in [0.1, 0.15) is 30.1 Å². The molecule has 0 saturated carbocycles. The summed E-state index contributed by atoms with van der Waals surface area (Å²) >= 11 is 0. The summed E-state index contributed by atoms with van der Waals surface area (Å²) < 4.78 is 20.3. The molecule has 7 heteroatoms. The van der Waals surface area contributed by atoms with Gasteiger partial charge in [-0.1, -0.05) is 6.92 Å². The van der Waals surface area contributed by atoms with Gasteiger partial charge in [0.2, 0.25) is 12.5 Å². The predicted octanol–water partition coefficient (Wildman–Crippen LogP) is 2.08. The van der Waals surface area contributed by atoms with Crippen molar-refractivity contribution in [2.75, 3.05) is 21.0 Å². The van der Waals surface area contributed by atoms with Crippen molar-refractivity contribution >= 4 is 11.9 Å². The Morgan fingerprint density at radius 3 is 2.14 bits per heavy atom. The first kappa shape index (κ1) is 16.6. The number of aromatic carboxylic acids is 1. The van der Waals surface area contributed by atoms with Gasteiger partial charge >= 0.3 is 11.9 Å². The molecule has 1 aromatic carbocycles. The Kier molecular flexibility index (Phi) is 6.32. The Morgan fingerprint density at radius 1 is 1.14 bits per heavy atom. The second kappa shape index (κ2) is 7.98. The van der Waals surface area contributed by atoms with Crippen molar-refractivity contribution in [1.29, 1.82) is 0 Å². The van der Waals surface area contributed by atoms with Crippen LogP contribution in [-0.4, -0.2) is 38.1 Å². The van der Waals surface area contributed by atoms with Gasteiger partial charge in [-0.2, -0.15) is 0 Å². The molecule has 0 unspecified atom stereocenters. The first-order valence-corrected chi connectivity index (χ1v) is 6.31. The van der Waals surface area contributed by atoms with Crippen molar-refractivity contribution in [2.45, 2.75) is 19.8 Å². The number of rotatable bonds is 8. The Bertz CT molecular complexity index is 485. The molecule has 0 fully saturated rings. The fourth-order valence-corrected chi connectivity index (χ4v) is 1.58. The second-order valence-electron chi connectivity index (χ2n) is 4.04. The molecule has 0 saturated heterocycles. The van der Waals surface area contributed by atoms with E-state index in [-0.39, 0.29) is 35.6 Å². The number of esters is 1. The summed E-state index contributed by atoms with van der Waals surface area (Å²) in [5, 5.41) is 9.00. The maximum absolute atomic E-state index is 11.2. The molecule has 0 aliphatic heterocycles. The van der Waals surface area contributed by atoms with Crippen molar-refractivity contribution < 1.29 is 33.6 Å². The summed E-state index contributed by atoms with van der Waals surface area (Å²) in [6, 6.07) is 2.60. The van der Waals surface area contributed by atoms with E-state index >= 15 is 0 Å². The number of methoxy groups -OCH3 is 2. The zero-order valence-electron chi connectivity index (χ0n) is 12.2. The van der Waals surface area contributed by atoms with Crippen molar-refractivity contribution in [3.63, 3.8) is 0 Å². The van der Waals surface area contributed by atoms with E-state index in [0.29, 0.717) is 12.8 Å². The molecule has 21 heavy (non-hydrogen) atoms. The number of carbonyl (C=O) groups excluding carboxylic acids is 1. The number of carbonyl (C=O) groups is 2.